The number of hydrogen-bond acceptors (Lipinski definition) is 5. The van der Waals surface area contributed by atoms with Gasteiger partial charge < -0.3 is 15.6 Å². The lowest BCUT2D eigenvalue weighted by molar-refractivity contribution is -0.139. The fourth-order valence-electron chi connectivity index (χ4n) is 1.35. The Labute approximate surface area is 93.1 Å². The molecule has 0 radical (unpaired) electrons. The van der Waals surface area contributed by atoms with Crippen molar-refractivity contribution in [2.24, 2.45) is 5.73 Å². The van der Waals surface area contributed by atoms with Crippen LogP contribution in [0.5, 0.6) is 5.75 Å². The molecule has 84 valence electrons. The Balaban J connectivity index is 3.15. The van der Waals surface area contributed by atoms with Gasteiger partial charge in [0.2, 0.25) is 0 Å². The van der Waals surface area contributed by atoms with Gasteiger partial charge in [-0.2, -0.15) is 5.26 Å². The number of nitriles is 1. The molecule has 0 unspecified atom stereocenters. The van der Waals surface area contributed by atoms with Crippen molar-refractivity contribution < 1.29 is 14.6 Å². The van der Waals surface area contributed by atoms with E-state index < -0.39 is 5.97 Å². The Kier molecular flexibility index (Phi) is 3.86. The van der Waals surface area contributed by atoms with Crippen molar-refractivity contribution in [3.05, 3.63) is 28.8 Å². The molecule has 0 aliphatic rings. The molecule has 0 amide bonds. The maximum atomic E-state index is 11.1. The Morgan fingerprint density at radius 2 is 2.25 bits per heavy atom. The highest BCUT2D eigenvalue weighted by atomic mass is 16.5. The summed E-state index contributed by atoms with van der Waals surface area (Å²) >= 11 is 0. The molecule has 0 saturated heterocycles. The normalized spacial score (nSPS) is 9.56. The molecule has 1 rings (SSSR count). The first kappa shape index (κ1) is 12.0. The third kappa shape index (κ3) is 2.49. The van der Waals surface area contributed by atoms with Crippen molar-refractivity contribution in [3.8, 4) is 11.8 Å². The lowest BCUT2D eigenvalue weighted by atomic mass is 10.0. The first-order valence-corrected chi connectivity index (χ1v) is 4.64. The minimum Gasteiger partial charge on any atom is -0.507 e. The average molecular weight is 220 g/mol. The Bertz CT molecular complexity index is 449. The molecule has 5 heteroatoms. The van der Waals surface area contributed by atoms with Gasteiger partial charge in [-0.1, -0.05) is 0 Å². The highest BCUT2D eigenvalue weighted by Gasteiger charge is 2.11. The zero-order valence-electron chi connectivity index (χ0n) is 8.86. The molecule has 5 nitrogen and oxygen atoms in total. The Morgan fingerprint density at radius 3 is 2.75 bits per heavy atom. The van der Waals surface area contributed by atoms with Crippen LogP contribution in [0.3, 0.4) is 0 Å². The molecule has 1 aromatic rings. The first-order chi connectivity index (χ1) is 7.62. The van der Waals surface area contributed by atoms with Crippen LogP contribution >= 0.6 is 0 Å². The molecular formula is C11H12N2O3. The fraction of sp³-hybridized carbons (Fsp3) is 0.273. The van der Waals surface area contributed by atoms with Gasteiger partial charge in [-0.05, 0) is 23.3 Å². The van der Waals surface area contributed by atoms with Crippen LogP contribution < -0.4 is 5.73 Å². The van der Waals surface area contributed by atoms with Crippen LogP contribution in [-0.2, 0) is 22.5 Å². The molecule has 16 heavy (non-hydrogen) atoms. The highest BCUT2D eigenvalue weighted by Crippen LogP contribution is 2.22. The van der Waals surface area contributed by atoms with Crippen molar-refractivity contribution in [2.45, 2.75) is 13.0 Å². The monoisotopic (exact) mass is 220 g/mol. The van der Waals surface area contributed by atoms with E-state index in [1.165, 1.54) is 19.2 Å². The van der Waals surface area contributed by atoms with Gasteiger partial charge in [0.15, 0.2) is 0 Å². The van der Waals surface area contributed by atoms with Crippen molar-refractivity contribution in [3.63, 3.8) is 0 Å². The van der Waals surface area contributed by atoms with Gasteiger partial charge in [0.25, 0.3) is 0 Å². The van der Waals surface area contributed by atoms with Gasteiger partial charge in [-0.3, -0.25) is 4.79 Å². The quantitative estimate of drug-likeness (QED) is 0.720. The summed E-state index contributed by atoms with van der Waals surface area (Å²) in [7, 11) is 1.29. The average Bonchev–Trinajstić information content (AvgIpc) is 2.30. The number of nitrogens with zero attached hydrogens (tertiary/aromatic N) is 1. The van der Waals surface area contributed by atoms with E-state index >= 15 is 0 Å². The third-order valence-electron chi connectivity index (χ3n) is 2.22. The van der Waals surface area contributed by atoms with Gasteiger partial charge in [0.1, 0.15) is 11.8 Å². The van der Waals surface area contributed by atoms with Crippen LogP contribution in [0.15, 0.2) is 12.1 Å². The van der Waals surface area contributed by atoms with Gasteiger partial charge in [0, 0.05) is 6.54 Å². The van der Waals surface area contributed by atoms with Crippen LogP contribution in [-0.4, -0.2) is 18.2 Å². The molecule has 0 atom stereocenters. The molecule has 0 aromatic heterocycles. The summed E-state index contributed by atoms with van der Waals surface area (Å²) in [6, 6.07) is 4.69. The second-order valence-electron chi connectivity index (χ2n) is 3.21. The summed E-state index contributed by atoms with van der Waals surface area (Å²) in [5.74, 6) is -0.541. The van der Waals surface area contributed by atoms with Gasteiger partial charge in [0.05, 0.1) is 19.1 Å². The predicted molar refractivity (Wildman–Crippen MR) is 56.4 cm³/mol. The maximum Gasteiger partial charge on any atom is 0.309 e. The summed E-state index contributed by atoms with van der Waals surface area (Å²) in [6.45, 7) is 0.186. The largest absolute Gasteiger partial charge is 0.507 e. The minimum atomic E-state index is -0.413. The standard InChI is InChI=1S/C11H12N2O3/c1-16-11(15)4-7-2-9(6-13)10(14)3-8(7)5-12/h2-3,14H,4-5,12H2,1H3. The Hall–Kier alpha value is -2.06. The molecule has 0 fully saturated rings. The lowest BCUT2D eigenvalue weighted by Crippen LogP contribution is -2.09. The second kappa shape index (κ2) is 5.14. The van der Waals surface area contributed by atoms with Crippen LogP contribution in [0.1, 0.15) is 16.7 Å². The van der Waals surface area contributed by atoms with Crippen molar-refractivity contribution in [2.75, 3.05) is 7.11 Å². The fourth-order valence-corrected chi connectivity index (χ4v) is 1.35. The zero-order chi connectivity index (χ0) is 12.1. The number of esters is 1. The zero-order valence-corrected chi connectivity index (χ0v) is 8.86. The smallest absolute Gasteiger partial charge is 0.309 e. The van der Waals surface area contributed by atoms with E-state index in [4.69, 9.17) is 11.0 Å². The van der Waals surface area contributed by atoms with Gasteiger partial charge in [-0.25, -0.2) is 0 Å². The number of phenols is 1. The maximum absolute atomic E-state index is 11.1. The van der Waals surface area contributed by atoms with Crippen LogP contribution in [0.4, 0.5) is 0 Å². The highest BCUT2D eigenvalue weighted by molar-refractivity contribution is 5.73. The van der Waals surface area contributed by atoms with Crippen LogP contribution in [0.2, 0.25) is 0 Å². The van der Waals surface area contributed by atoms with Gasteiger partial charge in [-0.15, -0.1) is 0 Å². The van der Waals surface area contributed by atoms with E-state index in [9.17, 15) is 9.90 Å². The van der Waals surface area contributed by atoms with E-state index in [0.717, 1.165) is 0 Å². The molecular weight excluding hydrogens is 208 g/mol. The minimum absolute atomic E-state index is 0.0397. The van der Waals surface area contributed by atoms with Crippen molar-refractivity contribution >= 4 is 5.97 Å². The molecule has 1 aromatic carbocycles. The van der Waals surface area contributed by atoms with E-state index in [-0.39, 0.29) is 24.3 Å². The number of carbonyl (C=O) groups is 1. The molecule has 0 saturated carbocycles. The molecule has 0 aliphatic heterocycles. The molecule has 3 N–H and O–H groups in total. The second-order valence-corrected chi connectivity index (χ2v) is 3.21. The van der Waals surface area contributed by atoms with Crippen LogP contribution in [0, 0.1) is 11.3 Å². The first-order valence-electron chi connectivity index (χ1n) is 4.64. The summed E-state index contributed by atoms with van der Waals surface area (Å²) in [5, 5.41) is 18.2. The molecule has 0 aliphatic carbocycles. The SMILES string of the molecule is COC(=O)Cc1cc(C#N)c(O)cc1CN. The summed E-state index contributed by atoms with van der Waals surface area (Å²) < 4.78 is 4.53. The number of methoxy groups -OCH3 is 1. The van der Waals surface area contributed by atoms with Crippen molar-refractivity contribution in [1.29, 1.82) is 5.26 Å². The Morgan fingerprint density at radius 1 is 1.56 bits per heavy atom. The topological polar surface area (TPSA) is 96.3 Å². The van der Waals surface area contributed by atoms with E-state index in [0.29, 0.717) is 11.1 Å². The number of nitrogens with two attached hydrogens (primary N) is 1. The summed E-state index contributed by atoms with van der Waals surface area (Å²) in [4.78, 5) is 11.1. The van der Waals surface area contributed by atoms with E-state index in [1.807, 2.05) is 6.07 Å². The van der Waals surface area contributed by atoms with Gasteiger partial charge >= 0.3 is 5.97 Å². The predicted octanol–water partition coefficient (Wildman–Crippen LogP) is 0.438. The van der Waals surface area contributed by atoms with E-state index in [2.05, 4.69) is 4.74 Å². The van der Waals surface area contributed by atoms with Crippen molar-refractivity contribution in [1.82, 2.24) is 0 Å². The number of benzene rings is 1. The number of hydrogen-bond donors (Lipinski definition) is 2. The number of aromatic hydroxyl groups is 1. The number of carbonyl (C=O) groups excluding carboxylic acids is 1. The molecule has 0 spiro atoms. The molecule has 0 heterocycles. The third-order valence-corrected chi connectivity index (χ3v) is 2.22. The number of rotatable bonds is 3. The van der Waals surface area contributed by atoms with Crippen LogP contribution in [0.25, 0.3) is 0 Å². The van der Waals surface area contributed by atoms with E-state index in [1.54, 1.807) is 0 Å². The summed E-state index contributed by atoms with van der Waals surface area (Å²) in [5.41, 5.74) is 6.83. The lowest BCUT2D eigenvalue weighted by Gasteiger charge is -2.08. The number of ether oxygens (including phenoxy) is 1. The molecule has 0 bridgehead atoms. The summed E-state index contributed by atoms with van der Waals surface area (Å²) in [6.07, 6.45) is 0.0397. The number of phenolic OH excluding ortho intramolecular Hbond substituents is 1.